The van der Waals surface area contributed by atoms with Crippen molar-refractivity contribution in [3.63, 3.8) is 0 Å². The summed E-state index contributed by atoms with van der Waals surface area (Å²) in [5.41, 5.74) is 0.0380. The van der Waals surface area contributed by atoms with Crippen LogP contribution in [0.4, 0.5) is 0 Å². The number of carbonyl (C=O) groups excluding carboxylic acids is 1. The van der Waals surface area contributed by atoms with E-state index in [9.17, 15) is 4.79 Å². The van der Waals surface area contributed by atoms with Crippen molar-refractivity contribution in [3.8, 4) is 0 Å². The van der Waals surface area contributed by atoms with Gasteiger partial charge in [-0.1, -0.05) is 0 Å². The highest BCUT2D eigenvalue weighted by Gasteiger charge is 2.40. The van der Waals surface area contributed by atoms with Gasteiger partial charge in [0.05, 0.1) is 5.60 Å². The molecule has 0 amide bonds. The second-order valence-corrected chi connectivity index (χ2v) is 5.62. The Balaban J connectivity index is 1.93. The maximum Gasteiger partial charge on any atom is 0.123 e. The third-order valence-corrected chi connectivity index (χ3v) is 4.32. The molecule has 3 nitrogen and oxygen atoms in total. The first-order chi connectivity index (χ1) is 7.65. The number of ether oxygens (including phenoxy) is 1. The van der Waals surface area contributed by atoms with Gasteiger partial charge in [0, 0.05) is 18.6 Å². The highest BCUT2D eigenvalue weighted by Crippen LogP contribution is 2.40. The molecule has 0 bridgehead atoms. The average molecular weight is 225 g/mol. The van der Waals surface area contributed by atoms with Gasteiger partial charge in [0.2, 0.25) is 0 Å². The predicted octanol–water partition coefficient (Wildman–Crippen LogP) is 1.85. The predicted molar refractivity (Wildman–Crippen MR) is 63.4 cm³/mol. The molecule has 1 aliphatic carbocycles. The SMILES string of the molecule is CN(C)C1CCC2(CC1)CC(C=O)CCO2. The molecule has 1 unspecified atom stereocenters. The Hall–Kier alpha value is -0.410. The smallest absolute Gasteiger partial charge is 0.123 e. The van der Waals surface area contributed by atoms with E-state index in [2.05, 4.69) is 19.0 Å². The zero-order valence-electron chi connectivity index (χ0n) is 10.4. The molecule has 92 valence electrons. The normalized spacial score (nSPS) is 40.2. The van der Waals surface area contributed by atoms with Gasteiger partial charge in [-0.25, -0.2) is 0 Å². The number of hydrogen-bond donors (Lipinski definition) is 0. The van der Waals surface area contributed by atoms with Crippen molar-refractivity contribution < 1.29 is 9.53 Å². The molecule has 0 aromatic heterocycles. The van der Waals surface area contributed by atoms with Crippen molar-refractivity contribution in [3.05, 3.63) is 0 Å². The van der Waals surface area contributed by atoms with E-state index >= 15 is 0 Å². The van der Waals surface area contributed by atoms with Crippen LogP contribution in [0.15, 0.2) is 0 Å². The lowest BCUT2D eigenvalue weighted by Crippen LogP contribution is -2.46. The van der Waals surface area contributed by atoms with Crippen molar-refractivity contribution in [2.75, 3.05) is 20.7 Å². The molecule has 1 atom stereocenters. The number of carbonyl (C=O) groups is 1. The third-order valence-electron chi connectivity index (χ3n) is 4.32. The summed E-state index contributed by atoms with van der Waals surface area (Å²) in [6.45, 7) is 0.774. The first-order valence-electron chi connectivity index (χ1n) is 6.41. The molecule has 2 fully saturated rings. The molecule has 3 heteroatoms. The van der Waals surface area contributed by atoms with E-state index in [1.807, 2.05) is 0 Å². The molecular formula is C13H23NO2. The van der Waals surface area contributed by atoms with Gasteiger partial charge in [0.1, 0.15) is 6.29 Å². The van der Waals surface area contributed by atoms with Crippen LogP contribution in [-0.2, 0) is 9.53 Å². The molecule has 16 heavy (non-hydrogen) atoms. The van der Waals surface area contributed by atoms with Crippen molar-refractivity contribution in [1.29, 1.82) is 0 Å². The van der Waals surface area contributed by atoms with Crippen molar-refractivity contribution in [2.24, 2.45) is 5.92 Å². The Kier molecular flexibility index (Phi) is 3.65. The quantitative estimate of drug-likeness (QED) is 0.672. The number of hydrogen-bond acceptors (Lipinski definition) is 3. The summed E-state index contributed by atoms with van der Waals surface area (Å²) in [5, 5.41) is 0. The Bertz CT molecular complexity index is 244. The molecular weight excluding hydrogens is 202 g/mol. The molecule has 2 rings (SSSR count). The molecule has 0 N–H and O–H groups in total. The first-order valence-corrected chi connectivity index (χ1v) is 6.41. The molecule has 2 aliphatic rings. The van der Waals surface area contributed by atoms with E-state index in [0.717, 1.165) is 38.6 Å². The second kappa shape index (κ2) is 4.84. The van der Waals surface area contributed by atoms with Crippen LogP contribution in [-0.4, -0.2) is 43.5 Å². The van der Waals surface area contributed by atoms with E-state index in [-0.39, 0.29) is 11.5 Å². The van der Waals surface area contributed by atoms with Crippen LogP contribution in [0.1, 0.15) is 38.5 Å². The Morgan fingerprint density at radius 2 is 1.94 bits per heavy atom. The zero-order chi connectivity index (χ0) is 11.6. The van der Waals surface area contributed by atoms with Crippen molar-refractivity contribution in [1.82, 2.24) is 4.90 Å². The van der Waals surface area contributed by atoms with Gasteiger partial charge < -0.3 is 14.4 Å². The van der Waals surface area contributed by atoms with Crippen LogP contribution in [0.25, 0.3) is 0 Å². The number of rotatable bonds is 2. The molecule has 0 aromatic carbocycles. The van der Waals surface area contributed by atoms with Crippen LogP contribution < -0.4 is 0 Å². The summed E-state index contributed by atoms with van der Waals surface area (Å²) in [6, 6.07) is 0.700. The average Bonchev–Trinajstić information content (AvgIpc) is 2.29. The monoisotopic (exact) mass is 225 g/mol. The van der Waals surface area contributed by atoms with E-state index in [0.29, 0.717) is 6.04 Å². The highest BCUT2D eigenvalue weighted by molar-refractivity contribution is 5.53. The second-order valence-electron chi connectivity index (χ2n) is 5.62. The number of aldehydes is 1. The fourth-order valence-corrected chi connectivity index (χ4v) is 3.18. The molecule has 1 saturated heterocycles. The maximum atomic E-state index is 10.9. The summed E-state index contributed by atoms with van der Waals surface area (Å²) in [4.78, 5) is 13.2. The fraction of sp³-hybridized carbons (Fsp3) is 0.923. The van der Waals surface area contributed by atoms with E-state index in [4.69, 9.17) is 4.74 Å². The minimum Gasteiger partial charge on any atom is -0.375 e. The Labute approximate surface area is 98.1 Å². The summed E-state index contributed by atoms with van der Waals surface area (Å²) in [5.74, 6) is 0.240. The minimum atomic E-state index is 0.0380. The molecule has 0 radical (unpaired) electrons. The first kappa shape index (κ1) is 12.1. The van der Waals surface area contributed by atoms with E-state index in [1.54, 1.807) is 0 Å². The summed E-state index contributed by atoms with van der Waals surface area (Å²) in [6.07, 6.45) is 7.67. The molecule has 1 aliphatic heterocycles. The van der Waals surface area contributed by atoms with Gasteiger partial charge in [-0.05, 0) is 52.6 Å². The van der Waals surface area contributed by atoms with Crippen LogP contribution in [0.2, 0.25) is 0 Å². The van der Waals surface area contributed by atoms with Gasteiger partial charge in [0.15, 0.2) is 0 Å². The molecule has 1 saturated carbocycles. The van der Waals surface area contributed by atoms with Crippen molar-refractivity contribution in [2.45, 2.75) is 50.2 Å². The summed E-state index contributed by atoms with van der Waals surface area (Å²) < 4.78 is 5.99. The van der Waals surface area contributed by atoms with Crippen LogP contribution >= 0.6 is 0 Å². The summed E-state index contributed by atoms with van der Waals surface area (Å²) in [7, 11) is 4.30. The van der Waals surface area contributed by atoms with Gasteiger partial charge in [0.25, 0.3) is 0 Å². The largest absolute Gasteiger partial charge is 0.375 e. The van der Waals surface area contributed by atoms with Crippen LogP contribution in [0.3, 0.4) is 0 Å². The maximum absolute atomic E-state index is 10.9. The van der Waals surface area contributed by atoms with Crippen molar-refractivity contribution >= 4 is 6.29 Å². The Morgan fingerprint density at radius 1 is 1.25 bits per heavy atom. The lowest BCUT2D eigenvalue weighted by atomic mass is 9.75. The minimum absolute atomic E-state index is 0.0380. The fourth-order valence-electron chi connectivity index (χ4n) is 3.18. The van der Waals surface area contributed by atoms with Crippen LogP contribution in [0.5, 0.6) is 0 Å². The van der Waals surface area contributed by atoms with Gasteiger partial charge in [-0.2, -0.15) is 0 Å². The topological polar surface area (TPSA) is 29.5 Å². The van der Waals surface area contributed by atoms with Gasteiger partial charge in [-0.3, -0.25) is 0 Å². The standard InChI is InChI=1S/C13H23NO2/c1-14(2)12-3-6-13(7-4-12)9-11(10-15)5-8-16-13/h10-12H,3-9H2,1-2H3. The lowest BCUT2D eigenvalue weighted by Gasteiger charge is -2.45. The zero-order valence-corrected chi connectivity index (χ0v) is 10.4. The van der Waals surface area contributed by atoms with Gasteiger partial charge >= 0.3 is 0 Å². The van der Waals surface area contributed by atoms with E-state index in [1.165, 1.54) is 12.8 Å². The summed E-state index contributed by atoms with van der Waals surface area (Å²) >= 11 is 0. The number of nitrogens with zero attached hydrogens (tertiary/aromatic N) is 1. The Morgan fingerprint density at radius 3 is 2.50 bits per heavy atom. The third kappa shape index (κ3) is 2.46. The highest BCUT2D eigenvalue weighted by atomic mass is 16.5. The van der Waals surface area contributed by atoms with Crippen LogP contribution in [0, 0.1) is 5.92 Å². The lowest BCUT2D eigenvalue weighted by molar-refractivity contribution is -0.137. The van der Waals surface area contributed by atoms with E-state index < -0.39 is 0 Å². The van der Waals surface area contributed by atoms with Gasteiger partial charge in [-0.15, -0.1) is 0 Å². The molecule has 0 aromatic rings. The molecule has 1 heterocycles. The molecule has 1 spiro atoms.